The van der Waals surface area contributed by atoms with Gasteiger partial charge in [-0.3, -0.25) is 9.36 Å². The summed E-state index contributed by atoms with van der Waals surface area (Å²) in [4.78, 5) is 26.9. The average molecular weight is 637 g/mol. The number of rotatable bonds is 12. The second-order valence-corrected chi connectivity index (χ2v) is 12.4. The topological polar surface area (TPSA) is 157 Å². The zero-order chi connectivity index (χ0) is 32.0. The van der Waals surface area contributed by atoms with Crippen LogP contribution in [-0.2, 0) is 27.9 Å². The van der Waals surface area contributed by atoms with E-state index < -0.39 is 33.6 Å². The number of hydrogen-bond donors (Lipinski definition) is 4. The lowest BCUT2D eigenvalue weighted by Crippen LogP contribution is -2.42. The fourth-order valence-electron chi connectivity index (χ4n) is 5.23. The van der Waals surface area contributed by atoms with Gasteiger partial charge in [0.15, 0.2) is 0 Å². The van der Waals surface area contributed by atoms with Gasteiger partial charge in [-0.1, -0.05) is 44.0 Å². The number of nitrogens with two attached hydrogens (primary N) is 1. The first-order valence-corrected chi connectivity index (χ1v) is 16.0. The van der Waals surface area contributed by atoms with Crippen molar-refractivity contribution in [3.05, 3.63) is 102 Å². The molecule has 1 aliphatic rings. The molecule has 14 heteroatoms. The Bertz CT molecular complexity index is 1760. The van der Waals surface area contributed by atoms with Crippen LogP contribution in [0.4, 0.5) is 20.5 Å². The highest BCUT2D eigenvalue weighted by Crippen LogP contribution is 2.32. The molecule has 0 spiro atoms. The molecule has 236 valence electrons. The summed E-state index contributed by atoms with van der Waals surface area (Å²) in [5.74, 6) is -0.746. The number of primary sulfonamides is 1. The van der Waals surface area contributed by atoms with Crippen LogP contribution in [0.5, 0.6) is 0 Å². The van der Waals surface area contributed by atoms with Gasteiger partial charge in [-0.15, -0.1) is 0 Å². The highest BCUT2D eigenvalue weighted by molar-refractivity contribution is 7.89. The summed E-state index contributed by atoms with van der Waals surface area (Å²) in [7, 11) is -3.82. The molecule has 1 saturated carbocycles. The van der Waals surface area contributed by atoms with E-state index in [0.717, 1.165) is 49.8 Å². The van der Waals surface area contributed by atoms with Crippen molar-refractivity contribution in [2.24, 2.45) is 11.1 Å². The van der Waals surface area contributed by atoms with E-state index in [9.17, 15) is 22.0 Å². The SMILES string of the molecule is C=C(C1CCCCC1)[C@@H](Nc1cc(-n2ccnc2)nc(NCc2ccc(S(N)(=O)=O)cc2)n1)C(=O)NCc1ccc(F)cc1F. The van der Waals surface area contributed by atoms with Crippen molar-refractivity contribution in [3.8, 4) is 5.82 Å². The fourth-order valence-corrected chi connectivity index (χ4v) is 5.74. The Hall–Kier alpha value is -4.69. The van der Waals surface area contributed by atoms with E-state index in [1.54, 1.807) is 41.5 Å². The Morgan fingerprint density at radius 1 is 1.04 bits per heavy atom. The number of anilines is 2. The highest BCUT2D eigenvalue weighted by Gasteiger charge is 2.29. The maximum Gasteiger partial charge on any atom is 0.247 e. The van der Waals surface area contributed by atoms with Gasteiger partial charge in [0.2, 0.25) is 21.9 Å². The Morgan fingerprint density at radius 3 is 2.47 bits per heavy atom. The van der Waals surface area contributed by atoms with Gasteiger partial charge >= 0.3 is 0 Å². The lowest BCUT2D eigenvalue weighted by Gasteiger charge is -2.30. The van der Waals surface area contributed by atoms with Crippen molar-refractivity contribution < 1.29 is 22.0 Å². The van der Waals surface area contributed by atoms with E-state index in [0.29, 0.717) is 17.2 Å². The van der Waals surface area contributed by atoms with Crippen LogP contribution in [0.25, 0.3) is 5.82 Å². The van der Waals surface area contributed by atoms with Crippen molar-refractivity contribution in [1.29, 1.82) is 0 Å². The molecule has 2 aromatic carbocycles. The minimum Gasteiger partial charge on any atom is -0.355 e. The number of halogens is 2. The largest absolute Gasteiger partial charge is 0.355 e. The molecule has 0 saturated heterocycles. The van der Waals surface area contributed by atoms with Gasteiger partial charge in [0.1, 0.15) is 35.6 Å². The molecular formula is C31H34F2N8O3S. The van der Waals surface area contributed by atoms with Crippen molar-refractivity contribution >= 4 is 27.7 Å². The summed E-state index contributed by atoms with van der Waals surface area (Å²) >= 11 is 0. The number of hydrogen-bond acceptors (Lipinski definition) is 8. The molecule has 1 amide bonds. The van der Waals surface area contributed by atoms with Crippen molar-refractivity contribution in [3.63, 3.8) is 0 Å². The maximum absolute atomic E-state index is 14.3. The molecule has 1 fully saturated rings. The van der Waals surface area contributed by atoms with Crippen LogP contribution >= 0.6 is 0 Å². The fraction of sp³-hybridized carbons (Fsp3) is 0.290. The zero-order valence-corrected chi connectivity index (χ0v) is 25.2. The van der Waals surface area contributed by atoms with Crippen LogP contribution in [0.3, 0.4) is 0 Å². The minimum atomic E-state index is -3.82. The molecule has 11 nitrogen and oxygen atoms in total. The molecule has 1 atom stereocenters. The third-order valence-corrected chi connectivity index (χ3v) is 8.64. The lowest BCUT2D eigenvalue weighted by atomic mass is 9.81. The molecule has 1 aliphatic carbocycles. The van der Waals surface area contributed by atoms with Crippen LogP contribution in [0.2, 0.25) is 0 Å². The first-order valence-electron chi connectivity index (χ1n) is 14.5. The summed E-state index contributed by atoms with van der Waals surface area (Å²) in [5.41, 5.74) is 1.60. The predicted molar refractivity (Wildman–Crippen MR) is 166 cm³/mol. The van der Waals surface area contributed by atoms with E-state index >= 15 is 0 Å². The van der Waals surface area contributed by atoms with Crippen LogP contribution < -0.4 is 21.1 Å². The summed E-state index contributed by atoms with van der Waals surface area (Å²) < 4.78 is 52.6. The van der Waals surface area contributed by atoms with Gasteiger partial charge in [0.05, 0.1) is 4.90 Å². The Kier molecular flexibility index (Phi) is 9.83. The average Bonchev–Trinajstić information content (AvgIpc) is 3.57. The molecule has 45 heavy (non-hydrogen) atoms. The number of aromatic nitrogens is 4. The van der Waals surface area contributed by atoms with E-state index in [-0.39, 0.29) is 35.4 Å². The monoisotopic (exact) mass is 636 g/mol. The molecule has 0 radical (unpaired) electrons. The first kappa shape index (κ1) is 31.7. The van der Waals surface area contributed by atoms with Crippen molar-refractivity contribution in [2.45, 2.75) is 56.1 Å². The standard InChI is InChI=1S/C31H34F2N8O3S/c1-20(22-5-3-2-4-6-22)29(30(42)36-18-23-9-10-24(32)15-26(23)33)38-27-16-28(41-14-13-35-19-41)40-31(39-27)37-17-21-7-11-25(12-8-21)45(34,43)44/h7-16,19,22,29H,1-6,17-18H2,(H,36,42)(H2,34,43,44)(H2,37,38,39,40)/t29-/m1/s1. The van der Waals surface area contributed by atoms with Gasteiger partial charge in [-0.25, -0.2) is 27.3 Å². The first-order chi connectivity index (χ1) is 21.6. The zero-order valence-electron chi connectivity index (χ0n) is 24.4. The number of carbonyl (C=O) groups is 1. The van der Waals surface area contributed by atoms with Crippen LogP contribution in [-0.4, -0.2) is 39.9 Å². The molecule has 2 heterocycles. The summed E-state index contributed by atoms with van der Waals surface area (Å²) in [6.45, 7) is 4.43. The van der Waals surface area contributed by atoms with Gasteiger partial charge in [-0.2, -0.15) is 9.97 Å². The predicted octanol–water partition coefficient (Wildman–Crippen LogP) is 4.43. The molecule has 4 aromatic rings. The van der Waals surface area contributed by atoms with Crippen molar-refractivity contribution in [1.82, 2.24) is 24.8 Å². The Labute approximate surface area is 260 Å². The number of amides is 1. The van der Waals surface area contributed by atoms with E-state index in [1.165, 1.54) is 18.2 Å². The number of nitrogens with zero attached hydrogens (tertiary/aromatic N) is 4. The highest BCUT2D eigenvalue weighted by atomic mass is 32.2. The Morgan fingerprint density at radius 2 is 1.80 bits per heavy atom. The van der Waals surface area contributed by atoms with E-state index in [1.807, 2.05) is 0 Å². The summed E-state index contributed by atoms with van der Waals surface area (Å²) in [6, 6.07) is 10.1. The number of sulfonamides is 1. The molecule has 5 N–H and O–H groups in total. The molecule has 0 bridgehead atoms. The van der Waals surface area contributed by atoms with Gasteiger partial charge in [-0.05, 0) is 48.1 Å². The number of carbonyl (C=O) groups excluding carboxylic acids is 1. The van der Waals surface area contributed by atoms with Crippen LogP contribution in [0.1, 0.15) is 43.2 Å². The van der Waals surface area contributed by atoms with Gasteiger partial charge < -0.3 is 16.0 Å². The van der Waals surface area contributed by atoms with Crippen LogP contribution in [0, 0.1) is 17.6 Å². The van der Waals surface area contributed by atoms with Gasteiger partial charge in [0.25, 0.3) is 0 Å². The summed E-state index contributed by atoms with van der Waals surface area (Å²) in [5, 5.41) is 14.3. The quantitative estimate of drug-likeness (QED) is 0.166. The number of imidazole rings is 1. The third-order valence-electron chi connectivity index (χ3n) is 7.71. The molecular weight excluding hydrogens is 602 g/mol. The van der Waals surface area contributed by atoms with Crippen molar-refractivity contribution in [2.75, 3.05) is 10.6 Å². The normalized spacial score (nSPS) is 14.5. The van der Waals surface area contributed by atoms with E-state index in [2.05, 4.69) is 37.5 Å². The summed E-state index contributed by atoms with van der Waals surface area (Å²) in [6.07, 6.45) is 9.88. The number of nitrogens with one attached hydrogen (secondary N) is 3. The van der Waals surface area contributed by atoms with E-state index in [4.69, 9.17) is 5.14 Å². The lowest BCUT2D eigenvalue weighted by molar-refractivity contribution is -0.121. The maximum atomic E-state index is 14.3. The number of benzene rings is 2. The van der Waals surface area contributed by atoms with Gasteiger partial charge in [0, 0.05) is 43.2 Å². The smallest absolute Gasteiger partial charge is 0.247 e. The molecule has 0 unspecified atom stereocenters. The molecule has 0 aliphatic heterocycles. The second-order valence-electron chi connectivity index (χ2n) is 10.9. The third kappa shape index (κ3) is 8.28. The minimum absolute atomic E-state index is 0.000714. The molecule has 5 rings (SSSR count). The van der Waals surface area contributed by atoms with Crippen LogP contribution in [0.15, 0.2) is 84.3 Å². The Balaban J connectivity index is 1.40. The second kappa shape index (κ2) is 13.9. The molecule has 2 aromatic heterocycles.